The number of hydrogen-bond acceptors (Lipinski definition) is 6. The van der Waals surface area contributed by atoms with E-state index in [1.807, 2.05) is 12.1 Å². The highest BCUT2D eigenvalue weighted by Gasteiger charge is 2.33. The van der Waals surface area contributed by atoms with Crippen molar-refractivity contribution >= 4 is 10.0 Å². The highest BCUT2D eigenvalue weighted by atomic mass is 32.2. The number of benzene rings is 1. The molecular weight excluding hydrogens is 402 g/mol. The van der Waals surface area contributed by atoms with E-state index in [4.69, 9.17) is 9.47 Å². The van der Waals surface area contributed by atoms with E-state index in [-0.39, 0.29) is 6.10 Å². The van der Waals surface area contributed by atoms with Crippen LogP contribution in [0.3, 0.4) is 0 Å². The number of pyridine rings is 1. The van der Waals surface area contributed by atoms with Crippen molar-refractivity contribution in [1.82, 2.24) is 14.2 Å². The molecule has 0 saturated carbocycles. The average Bonchev–Trinajstić information content (AvgIpc) is 2.80. The molecule has 7 nitrogen and oxygen atoms in total. The van der Waals surface area contributed by atoms with Crippen LogP contribution in [0.15, 0.2) is 53.7 Å². The second-order valence-corrected chi connectivity index (χ2v) is 9.79. The van der Waals surface area contributed by atoms with Gasteiger partial charge < -0.3 is 14.4 Å². The minimum absolute atomic E-state index is 0.233. The molecule has 30 heavy (non-hydrogen) atoms. The van der Waals surface area contributed by atoms with E-state index in [1.54, 1.807) is 48.1 Å². The largest absolute Gasteiger partial charge is 0.497 e. The van der Waals surface area contributed by atoms with Crippen LogP contribution in [0.1, 0.15) is 25.7 Å². The van der Waals surface area contributed by atoms with Crippen LogP contribution in [0.5, 0.6) is 11.5 Å². The number of likely N-dealkylation sites (tertiary alicyclic amines) is 1. The second kappa shape index (κ2) is 9.32. The van der Waals surface area contributed by atoms with Crippen molar-refractivity contribution in [2.24, 2.45) is 0 Å². The molecule has 0 bridgehead atoms. The van der Waals surface area contributed by atoms with Crippen LogP contribution in [0.2, 0.25) is 0 Å². The van der Waals surface area contributed by atoms with Gasteiger partial charge >= 0.3 is 0 Å². The summed E-state index contributed by atoms with van der Waals surface area (Å²) in [6.07, 6.45) is 7.43. The van der Waals surface area contributed by atoms with E-state index >= 15 is 0 Å². The monoisotopic (exact) mass is 431 g/mol. The fraction of sp³-hybridized carbons (Fsp3) is 0.500. The maximum Gasteiger partial charge on any atom is 0.243 e. The van der Waals surface area contributed by atoms with Gasteiger partial charge in [0.15, 0.2) is 0 Å². The minimum atomic E-state index is -3.48. The Morgan fingerprint density at radius 3 is 2.30 bits per heavy atom. The highest BCUT2D eigenvalue weighted by molar-refractivity contribution is 7.89. The molecule has 162 valence electrons. The molecule has 8 heteroatoms. The fourth-order valence-corrected chi connectivity index (χ4v) is 5.83. The number of rotatable bonds is 6. The zero-order chi connectivity index (χ0) is 21.0. The lowest BCUT2D eigenvalue weighted by Crippen LogP contribution is -2.50. The van der Waals surface area contributed by atoms with Crippen LogP contribution in [0.4, 0.5) is 0 Å². The molecule has 0 unspecified atom stereocenters. The molecule has 0 N–H and O–H groups in total. The van der Waals surface area contributed by atoms with Gasteiger partial charge in [-0.2, -0.15) is 4.31 Å². The molecule has 3 heterocycles. The van der Waals surface area contributed by atoms with E-state index in [9.17, 15) is 8.42 Å². The van der Waals surface area contributed by atoms with Crippen molar-refractivity contribution in [2.45, 2.75) is 42.7 Å². The molecule has 2 saturated heterocycles. The number of piperidine rings is 2. The van der Waals surface area contributed by atoms with Crippen LogP contribution in [0, 0.1) is 0 Å². The molecule has 2 aliphatic rings. The maximum absolute atomic E-state index is 13.0. The summed E-state index contributed by atoms with van der Waals surface area (Å²) in [4.78, 5) is 6.82. The van der Waals surface area contributed by atoms with Gasteiger partial charge in [-0.05, 0) is 49.9 Å². The van der Waals surface area contributed by atoms with Gasteiger partial charge in [0, 0.05) is 50.7 Å². The summed E-state index contributed by atoms with van der Waals surface area (Å²) in [6, 6.07) is 10.9. The number of hydrogen-bond donors (Lipinski definition) is 0. The van der Waals surface area contributed by atoms with Gasteiger partial charge in [0.05, 0.1) is 12.0 Å². The number of methoxy groups -OCH3 is 1. The summed E-state index contributed by atoms with van der Waals surface area (Å²) in [5, 5.41) is 0. The van der Waals surface area contributed by atoms with E-state index in [2.05, 4.69) is 9.88 Å². The topological polar surface area (TPSA) is 72.0 Å². The molecule has 0 aliphatic carbocycles. The molecule has 0 amide bonds. The molecule has 0 spiro atoms. The standard InChI is InChI=1S/C22H29N3O4S/c1-28-21-3-2-4-22(17-21)30(26,27)25-15-7-18(8-16-25)24-13-9-20(10-14-24)29-19-5-11-23-12-6-19/h2-6,11-12,17-18,20H,7-10,13-16H2,1H3. The van der Waals surface area contributed by atoms with Crippen LogP contribution >= 0.6 is 0 Å². The normalized spacial score (nSPS) is 20.2. The molecule has 1 aromatic heterocycles. The Labute approximate surface area is 178 Å². The Morgan fingerprint density at radius 2 is 1.63 bits per heavy atom. The van der Waals surface area contributed by atoms with Gasteiger partial charge in [-0.15, -0.1) is 0 Å². The third-order valence-corrected chi connectivity index (χ3v) is 7.94. The Balaban J connectivity index is 1.28. The first kappa shape index (κ1) is 21.1. The molecular formula is C22H29N3O4S. The van der Waals surface area contributed by atoms with Crippen molar-refractivity contribution in [3.8, 4) is 11.5 Å². The predicted octanol–water partition coefficient (Wildman–Crippen LogP) is 2.79. The number of aromatic nitrogens is 1. The Kier molecular flexibility index (Phi) is 6.55. The van der Waals surface area contributed by atoms with Gasteiger partial charge in [0.25, 0.3) is 0 Å². The molecule has 2 aliphatic heterocycles. The number of sulfonamides is 1. The van der Waals surface area contributed by atoms with Gasteiger partial charge in [0.2, 0.25) is 10.0 Å². The summed E-state index contributed by atoms with van der Waals surface area (Å²) < 4.78 is 38.8. The van der Waals surface area contributed by atoms with Crippen LogP contribution in [-0.4, -0.2) is 68.0 Å². The van der Waals surface area contributed by atoms with Crippen molar-refractivity contribution in [2.75, 3.05) is 33.3 Å². The summed E-state index contributed by atoms with van der Waals surface area (Å²) in [6.45, 7) is 3.08. The molecule has 1 aromatic carbocycles. The van der Waals surface area contributed by atoms with Gasteiger partial charge in [-0.1, -0.05) is 6.07 Å². The predicted molar refractivity (Wildman–Crippen MR) is 114 cm³/mol. The Hall–Kier alpha value is -2.16. The number of nitrogens with zero attached hydrogens (tertiary/aromatic N) is 3. The first-order valence-corrected chi connectivity index (χ1v) is 12.0. The van der Waals surface area contributed by atoms with Gasteiger partial charge in [0.1, 0.15) is 17.6 Å². The van der Waals surface area contributed by atoms with Crippen molar-refractivity contribution < 1.29 is 17.9 Å². The van der Waals surface area contributed by atoms with Crippen molar-refractivity contribution in [3.05, 3.63) is 48.8 Å². The van der Waals surface area contributed by atoms with Crippen LogP contribution in [0.25, 0.3) is 0 Å². The zero-order valence-electron chi connectivity index (χ0n) is 17.3. The fourth-order valence-electron chi connectivity index (χ4n) is 4.33. The van der Waals surface area contributed by atoms with Crippen molar-refractivity contribution in [1.29, 1.82) is 0 Å². The summed E-state index contributed by atoms with van der Waals surface area (Å²) in [5.41, 5.74) is 0. The van der Waals surface area contributed by atoms with Crippen LogP contribution in [-0.2, 0) is 10.0 Å². The van der Waals surface area contributed by atoms with Crippen molar-refractivity contribution in [3.63, 3.8) is 0 Å². The maximum atomic E-state index is 13.0. The minimum Gasteiger partial charge on any atom is -0.497 e. The third-order valence-electron chi connectivity index (χ3n) is 6.05. The van der Waals surface area contributed by atoms with E-state index in [0.717, 1.165) is 44.5 Å². The van der Waals surface area contributed by atoms with Gasteiger partial charge in [-0.25, -0.2) is 8.42 Å². The van der Waals surface area contributed by atoms with Gasteiger partial charge in [-0.3, -0.25) is 4.98 Å². The summed E-state index contributed by atoms with van der Waals surface area (Å²) in [5.74, 6) is 1.43. The van der Waals surface area contributed by atoms with Crippen LogP contribution < -0.4 is 9.47 Å². The molecule has 2 aromatic rings. The average molecular weight is 432 g/mol. The number of ether oxygens (including phenoxy) is 2. The third kappa shape index (κ3) is 4.77. The second-order valence-electron chi connectivity index (χ2n) is 7.85. The molecule has 0 atom stereocenters. The summed E-state index contributed by atoms with van der Waals surface area (Å²) >= 11 is 0. The smallest absolute Gasteiger partial charge is 0.243 e. The lowest BCUT2D eigenvalue weighted by atomic mass is 10.00. The SMILES string of the molecule is COc1cccc(S(=O)(=O)N2CCC(N3CCC(Oc4ccncc4)CC3)CC2)c1. The Bertz CT molecular complexity index is 922. The highest BCUT2D eigenvalue weighted by Crippen LogP contribution is 2.27. The summed E-state index contributed by atoms with van der Waals surface area (Å²) in [7, 11) is -1.94. The lowest BCUT2D eigenvalue weighted by Gasteiger charge is -2.41. The molecule has 4 rings (SSSR count). The first-order valence-electron chi connectivity index (χ1n) is 10.5. The molecule has 0 radical (unpaired) electrons. The van der Waals surface area contributed by atoms with E-state index in [1.165, 1.54) is 0 Å². The zero-order valence-corrected chi connectivity index (χ0v) is 18.1. The Morgan fingerprint density at radius 1 is 0.933 bits per heavy atom. The first-order chi connectivity index (χ1) is 14.6. The van der Waals surface area contributed by atoms with E-state index < -0.39 is 10.0 Å². The lowest BCUT2D eigenvalue weighted by molar-refractivity contribution is 0.0585. The van der Waals surface area contributed by atoms with E-state index in [0.29, 0.717) is 29.8 Å². The quantitative estimate of drug-likeness (QED) is 0.700. The molecule has 2 fully saturated rings.